The van der Waals surface area contributed by atoms with E-state index in [0.717, 1.165) is 17.1 Å². The fraction of sp³-hybridized carbons (Fsp3) is 0.0476. The van der Waals surface area contributed by atoms with Crippen molar-refractivity contribution in [2.45, 2.75) is 19.3 Å². The molecule has 0 spiro atoms. The van der Waals surface area contributed by atoms with Crippen molar-refractivity contribution in [1.82, 2.24) is 4.57 Å². The van der Waals surface area contributed by atoms with Crippen LogP contribution in [0.4, 0.5) is 17.1 Å². The fourth-order valence-electron chi connectivity index (χ4n) is 11.0. The van der Waals surface area contributed by atoms with Crippen LogP contribution in [0.3, 0.4) is 0 Å². The summed E-state index contributed by atoms with van der Waals surface area (Å²) >= 11 is 0. The van der Waals surface area contributed by atoms with Crippen molar-refractivity contribution in [1.29, 1.82) is 0 Å². The van der Waals surface area contributed by atoms with E-state index >= 15 is 0 Å². The summed E-state index contributed by atoms with van der Waals surface area (Å²) in [5.41, 5.74) is 16.8. The lowest BCUT2D eigenvalue weighted by Crippen LogP contribution is -2.17. The molecular formula is C63H44N2. The number of para-hydroxylation sites is 2. The Morgan fingerprint density at radius 3 is 1.54 bits per heavy atom. The van der Waals surface area contributed by atoms with Gasteiger partial charge < -0.3 is 9.47 Å². The molecule has 65 heavy (non-hydrogen) atoms. The third-order valence-corrected chi connectivity index (χ3v) is 14.1. The summed E-state index contributed by atoms with van der Waals surface area (Å²) in [7, 11) is 0. The first-order chi connectivity index (χ1) is 32.0. The summed E-state index contributed by atoms with van der Waals surface area (Å²) < 4.78 is 2.44. The average molecular weight is 829 g/mol. The van der Waals surface area contributed by atoms with Gasteiger partial charge in [-0.05, 0) is 144 Å². The zero-order valence-electron chi connectivity index (χ0n) is 36.3. The maximum Gasteiger partial charge on any atom is 0.0541 e. The Kier molecular flexibility index (Phi) is 8.29. The zero-order valence-corrected chi connectivity index (χ0v) is 36.3. The minimum absolute atomic E-state index is 0.252. The topological polar surface area (TPSA) is 8.17 Å². The van der Waals surface area contributed by atoms with Crippen molar-refractivity contribution >= 4 is 71.2 Å². The Hall–Kier alpha value is -8.20. The molecule has 1 aliphatic rings. The van der Waals surface area contributed by atoms with E-state index in [1.54, 1.807) is 0 Å². The Labute approximate surface area is 378 Å². The Morgan fingerprint density at radius 2 is 0.831 bits per heavy atom. The standard InChI is InChI=1S/C63H44N2/c1-63(2)59-39-47(32-34-54(59)55-35-33-48(40-60(55)63)65-61-30-11-9-27-56(61)57-28-10-12-31-62(57)65)64(45-21-13-19-42(36-45)50-29-15-18-41-16-3-5-23-49(41)50)46-22-14-20-43(37-46)58-38-44-17-4-6-24-51(44)52-25-7-8-26-53(52)58/h3-40H,1-2H3. The van der Waals surface area contributed by atoms with Crippen LogP contribution in [-0.4, -0.2) is 4.57 Å². The van der Waals surface area contributed by atoms with Crippen LogP contribution in [-0.2, 0) is 5.41 Å². The molecule has 1 heterocycles. The fourth-order valence-corrected chi connectivity index (χ4v) is 11.0. The average Bonchev–Trinajstić information content (AvgIpc) is 3.81. The quantitative estimate of drug-likeness (QED) is 0.152. The normalized spacial score (nSPS) is 12.9. The molecule has 0 saturated heterocycles. The zero-order chi connectivity index (χ0) is 43.2. The highest BCUT2D eigenvalue weighted by Crippen LogP contribution is 2.52. The molecule has 2 nitrogen and oxygen atoms in total. The number of hydrogen-bond acceptors (Lipinski definition) is 1. The van der Waals surface area contributed by atoms with Crippen LogP contribution in [0.25, 0.3) is 93.2 Å². The van der Waals surface area contributed by atoms with Crippen LogP contribution >= 0.6 is 0 Å². The molecule has 0 radical (unpaired) electrons. The molecule has 0 aliphatic heterocycles. The monoisotopic (exact) mass is 828 g/mol. The molecule has 12 aromatic rings. The van der Waals surface area contributed by atoms with E-state index < -0.39 is 0 Å². The van der Waals surface area contributed by atoms with Crippen LogP contribution in [0.5, 0.6) is 0 Å². The van der Waals surface area contributed by atoms with Crippen LogP contribution in [0.1, 0.15) is 25.0 Å². The first-order valence-corrected chi connectivity index (χ1v) is 22.7. The van der Waals surface area contributed by atoms with Gasteiger partial charge in [-0.1, -0.05) is 178 Å². The summed E-state index contributed by atoms with van der Waals surface area (Å²) in [6.07, 6.45) is 0. The van der Waals surface area contributed by atoms with E-state index in [1.807, 2.05) is 0 Å². The van der Waals surface area contributed by atoms with Gasteiger partial charge in [0.1, 0.15) is 0 Å². The number of rotatable bonds is 6. The molecule has 0 saturated carbocycles. The second-order valence-corrected chi connectivity index (χ2v) is 18.1. The summed E-state index contributed by atoms with van der Waals surface area (Å²) in [6.45, 7) is 4.79. The molecular weight excluding hydrogens is 785 g/mol. The van der Waals surface area contributed by atoms with Gasteiger partial charge >= 0.3 is 0 Å². The van der Waals surface area contributed by atoms with Crippen LogP contribution in [0, 0.1) is 0 Å². The number of hydrogen-bond donors (Lipinski definition) is 0. The van der Waals surface area contributed by atoms with Gasteiger partial charge in [-0.25, -0.2) is 0 Å². The second-order valence-electron chi connectivity index (χ2n) is 18.1. The van der Waals surface area contributed by atoms with Crippen LogP contribution in [0.15, 0.2) is 231 Å². The molecule has 0 fully saturated rings. The van der Waals surface area contributed by atoms with Crippen molar-refractivity contribution in [3.63, 3.8) is 0 Å². The molecule has 0 unspecified atom stereocenters. The largest absolute Gasteiger partial charge is 0.310 e. The third kappa shape index (κ3) is 5.81. The lowest BCUT2D eigenvalue weighted by molar-refractivity contribution is 0.660. The van der Waals surface area contributed by atoms with Crippen molar-refractivity contribution in [2.75, 3.05) is 4.90 Å². The van der Waals surface area contributed by atoms with Crippen molar-refractivity contribution in [3.8, 4) is 39.1 Å². The third-order valence-electron chi connectivity index (χ3n) is 14.1. The van der Waals surface area contributed by atoms with Gasteiger partial charge in [-0.15, -0.1) is 0 Å². The second kappa shape index (κ2) is 14.4. The molecule has 1 aromatic heterocycles. The summed E-state index contributed by atoms with van der Waals surface area (Å²) in [6, 6.07) is 85.3. The van der Waals surface area contributed by atoms with E-state index in [1.165, 1.54) is 104 Å². The van der Waals surface area contributed by atoms with Gasteiger partial charge in [0, 0.05) is 38.9 Å². The Balaban J connectivity index is 0.981. The van der Waals surface area contributed by atoms with Gasteiger partial charge in [-0.3, -0.25) is 0 Å². The first kappa shape index (κ1) is 37.4. The number of aromatic nitrogens is 1. The smallest absolute Gasteiger partial charge is 0.0541 e. The summed E-state index contributed by atoms with van der Waals surface area (Å²) in [5, 5.41) is 10.1. The molecule has 13 rings (SSSR count). The van der Waals surface area contributed by atoms with Gasteiger partial charge in [0.25, 0.3) is 0 Å². The highest BCUT2D eigenvalue weighted by Gasteiger charge is 2.36. The SMILES string of the molecule is CC1(C)c2cc(N(c3cccc(-c4cccc5ccccc45)c3)c3cccc(-c4cc5ccccc5c5ccccc45)c3)ccc2-c2ccc(-n3c4ccccc4c4ccccc43)cc21. The summed E-state index contributed by atoms with van der Waals surface area (Å²) in [4.78, 5) is 2.46. The molecule has 0 amide bonds. The number of nitrogens with zero attached hydrogens (tertiary/aromatic N) is 2. The Morgan fingerprint density at radius 1 is 0.323 bits per heavy atom. The molecule has 0 bridgehead atoms. The van der Waals surface area contributed by atoms with E-state index in [4.69, 9.17) is 0 Å². The number of anilines is 3. The van der Waals surface area contributed by atoms with E-state index in [9.17, 15) is 0 Å². The minimum atomic E-state index is -0.252. The van der Waals surface area contributed by atoms with Gasteiger partial charge in [0.2, 0.25) is 0 Å². The lowest BCUT2D eigenvalue weighted by Gasteiger charge is -2.29. The maximum absolute atomic E-state index is 2.46. The predicted octanol–water partition coefficient (Wildman–Crippen LogP) is 17.4. The van der Waals surface area contributed by atoms with Crippen molar-refractivity contribution in [2.24, 2.45) is 0 Å². The maximum atomic E-state index is 2.46. The number of benzene rings is 11. The van der Waals surface area contributed by atoms with Crippen LogP contribution in [0.2, 0.25) is 0 Å². The molecule has 1 aliphatic carbocycles. The molecule has 306 valence electrons. The highest BCUT2D eigenvalue weighted by atomic mass is 15.1. The van der Waals surface area contributed by atoms with E-state index in [2.05, 4.69) is 254 Å². The van der Waals surface area contributed by atoms with E-state index in [-0.39, 0.29) is 5.41 Å². The van der Waals surface area contributed by atoms with Gasteiger partial charge in [-0.2, -0.15) is 0 Å². The van der Waals surface area contributed by atoms with Crippen molar-refractivity contribution in [3.05, 3.63) is 242 Å². The van der Waals surface area contributed by atoms with Gasteiger partial charge in [0.15, 0.2) is 0 Å². The number of fused-ring (bicyclic) bond motifs is 10. The van der Waals surface area contributed by atoms with E-state index in [0.29, 0.717) is 0 Å². The first-order valence-electron chi connectivity index (χ1n) is 22.7. The summed E-state index contributed by atoms with van der Waals surface area (Å²) in [5.74, 6) is 0. The molecule has 11 aromatic carbocycles. The molecule has 2 heteroatoms. The van der Waals surface area contributed by atoms with Crippen molar-refractivity contribution < 1.29 is 0 Å². The van der Waals surface area contributed by atoms with Gasteiger partial charge in [0.05, 0.1) is 11.0 Å². The molecule has 0 atom stereocenters. The molecule has 0 N–H and O–H groups in total. The lowest BCUT2D eigenvalue weighted by atomic mass is 9.82. The highest BCUT2D eigenvalue weighted by molar-refractivity contribution is 6.14. The minimum Gasteiger partial charge on any atom is -0.310 e. The predicted molar refractivity (Wildman–Crippen MR) is 276 cm³/mol. The van der Waals surface area contributed by atoms with Crippen LogP contribution < -0.4 is 4.90 Å². The Bertz CT molecular complexity index is 3830.